The van der Waals surface area contributed by atoms with Gasteiger partial charge in [0.1, 0.15) is 5.75 Å². The van der Waals surface area contributed by atoms with E-state index in [2.05, 4.69) is 41.7 Å². The summed E-state index contributed by atoms with van der Waals surface area (Å²) in [5.74, 6) is 1.03. The molecule has 1 saturated heterocycles. The van der Waals surface area contributed by atoms with Crippen LogP contribution in [0.3, 0.4) is 0 Å². The predicted octanol–water partition coefficient (Wildman–Crippen LogP) is 4.95. The van der Waals surface area contributed by atoms with Crippen LogP contribution in [-0.2, 0) is 10.2 Å². The van der Waals surface area contributed by atoms with E-state index in [-0.39, 0.29) is 11.0 Å². The quantitative estimate of drug-likeness (QED) is 0.782. The fourth-order valence-electron chi connectivity index (χ4n) is 5.84. The lowest BCUT2D eigenvalue weighted by Crippen LogP contribution is -2.47. The molecule has 0 amide bonds. The molecule has 0 bridgehead atoms. The molecule has 3 aliphatic rings. The van der Waals surface area contributed by atoms with Gasteiger partial charge in [-0.1, -0.05) is 37.1 Å². The average molecular weight is 393 g/mol. The van der Waals surface area contributed by atoms with Crippen molar-refractivity contribution in [1.29, 1.82) is 0 Å². The maximum Gasteiger partial charge on any atom is 0.124 e. The summed E-state index contributed by atoms with van der Waals surface area (Å²) in [4.78, 5) is 4.83. The number of aromatic nitrogens is 1. The Morgan fingerprint density at radius 2 is 1.86 bits per heavy atom. The number of benzene rings is 1. The third-order valence-electron chi connectivity index (χ3n) is 7.33. The predicted molar refractivity (Wildman–Crippen MR) is 114 cm³/mol. The van der Waals surface area contributed by atoms with Crippen molar-refractivity contribution in [2.24, 2.45) is 0 Å². The van der Waals surface area contributed by atoms with Gasteiger partial charge in [-0.25, -0.2) is 0 Å². The minimum absolute atomic E-state index is 0.0844. The van der Waals surface area contributed by atoms with E-state index in [4.69, 9.17) is 14.5 Å². The zero-order chi connectivity index (χ0) is 19.6. The zero-order valence-electron chi connectivity index (χ0n) is 17.2. The largest absolute Gasteiger partial charge is 0.493 e. The number of para-hydroxylation sites is 1. The second kappa shape index (κ2) is 8.08. The highest BCUT2D eigenvalue weighted by atomic mass is 16.5. The molecule has 2 aromatic rings. The van der Waals surface area contributed by atoms with Gasteiger partial charge in [0, 0.05) is 41.9 Å². The number of nitrogens with zero attached hydrogens (tertiary/aromatic N) is 1. The number of hydrogen-bond acceptors (Lipinski definition) is 4. The van der Waals surface area contributed by atoms with E-state index in [1.807, 2.05) is 12.3 Å². The monoisotopic (exact) mass is 392 g/mol. The van der Waals surface area contributed by atoms with Crippen molar-refractivity contribution >= 4 is 0 Å². The molecule has 2 aliphatic heterocycles. The smallest absolute Gasteiger partial charge is 0.124 e. The van der Waals surface area contributed by atoms with Crippen molar-refractivity contribution in [3.8, 4) is 5.75 Å². The van der Waals surface area contributed by atoms with E-state index >= 15 is 0 Å². The summed E-state index contributed by atoms with van der Waals surface area (Å²) in [5.41, 5.74) is 2.75. The van der Waals surface area contributed by atoms with Crippen molar-refractivity contribution < 1.29 is 9.47 Å². The van der Waals surface area contributed by atoms with E-state index in [1.54, 1.807) is 0 Å². The Balaban J connectivity index is 1.34. The van der Waals surface area contributed by atoms with Gasteiger partial charge >= 0.3 is 0 Å². The van der Waals surface area contributed by atoms with Crippen LogP contribution in [0, 0.1) is 0 Å². The molecule has 1 saturated carbocycles. The molecule has 154 valence electrons. The van der Waals surface area contributed by atoms with Gasteiger partial charge in [0.15, 0.2) is 0 Å². The third kappa shape index (κ3) is 3.80. The molecule has 1 aromatic heterocycles. The van der Waals surface area contributed by atoms with Crippen LogP contribution in [0.5, 0.6) is 5.75 Å². The first kappa shape index (κ1) is 19.1. The van der Waals surface area contributed by atoms with Gasteiger partial charge < -0.3 is 14.8 Å². The van der Waals surface area contributed by atoms with Crippen LogP contribution in [0.25, 0.3) is 0 Å². The summed E-state index contributed by atoms with van der Waals surface area (Å²) in [6, 6.07) is 15.2. The standard InChI is InChI=1S/C25H32N2O2/c1-2-8-22-20(7-1)21(10-17-28-22)26-16-13-24(23-9-3-6-15-27-23)14-18-29-25(19-24)11-4-5-12-25/h1-3,6-9,15,21,26H,4-5,10-14,16-19H2. The van der Waals surface area contributed by atoms with Crippen molar-refractivity contribution in [2.45, 2.75) is 68.4 Å². The number of fused-ring (bicyclic) bond motifs is 1. The molecular weight excluding hydrogens is 360 g/mol. The molecule has 1 N–H and O–H groups in total. The van der Waals surface area contributed by atoms with Crippen molar-refractivity contribution in [2.75, 3.05) is 19.8 Å². The highest BCUT2D eigenvalue weighted by Gasteiger charge is 2.48. The Kier molecular flexibility index (Phi) is 5.31. The molecule has 4 heteroatoms. The van der Waals surface area contributed by atoms with Crippen molar-refractivity contribution in [1.82, 2.24) is 10.3 Å². The fourth-order valence-corrected chi connectivity index (χ4v) is 5.84. The number of rotatable bonds is 5. The number of ether oxygens (including phenoxy) is 2. The molecule has 29 heavy (non-hydrogen) atoms. The Morgan fingerprint density at radius 3 is 2.72 bits per heavy atom. The third-order valence-corrected chi connectivity index (χ3v) is 7.33. The Hall–Kier alpha value is -1.91. The summed E-state index contributed by atoms with van der Waals surface area (Å²) >= 11 is 0. The van der Waals surface area contributed by atoms with E-state index in [0.717, 1.165) is 51.2 Å². The lowest BCUT2D eigenvalue weighted by molar-refractivity contribution is -0.104. The van der Waals surface area contributed by atoms with E-state index in [1.165, 1.54) is 36.9 Å². The Bertz CT molecular complexity index is 819. The van der Waals surface area contributed by atoms with Crippen LogP contribution in [0.4, 0.5) is 0 Å². The van der Waals surface area contributed by atoms with Crippen LogP contribution in [-0.4, -0.2) is 30.3 Å². The van der Waals surface area contributed by atoms with Crippen molar-refractivity contribution in [3.05, 3.63) is 59.9 Å². The fraction of sp³-hybridized carbons (Fsp3) is 0.560. The minimum atomic E-state index is 0.0844. The molecule has 4 nitrogen and oxygen atoms in total. The normalized spacial score (nSPS) is 28.1. The summed E-state index contributed by atoms with van der Waals surface area (Å²) in [5, 5.41) is 3.85. The highest BCUT2D eigenvalue weighted by molar-refractivity contribution is 5.37. The Morgan fingerprint density at radius 1 is 1.00 bits per heavy atom. The number of pyridine rings is 1. The lowest BCUT2D eigenvalue weighted by atomic mass is 9.68. The van der Waals surface area contributed by atoms with Crippen molar-refractivity contribution in [3.63, 3.8) is 0 Å². The van der Waals surface area contributed by atoms with Crippen LogP contribution < -0.4 is 10.1 Å². The number of nitrogens with one attached hydrogen (secondary N) is 1. The first-order chi connectivity index (χ1) is 14.3. The second-order valence-corrected chi connectivity index (χ2v) is 9.09. The Labute approximate surface area is 174 Å². The summed E-state index contributed by atoms with van der Waals surface area (Å²) < 4.78 is 12.2. The highest BCUT2D eigenvalue weighted by Crippen LogP contribution is 2.49. The van der Waals surface area contributed by atoms with E-state index < -0.39 is 0 Å². The van der Waals surface area contributed by atoms with E-state index in [0.29, 0.717) is 6.04 Å². The average Bonchev–Trinajstić information content (AvgIpc) is 3.22. The van der Waals surface area contributed by atoms with Crippen LogP contribution in [0.1, 0.15) is 68.7 Å². The first-order valence-electron chi connectivity index (χ1n) is 11.3. The summed E-state index contributed by atoms with van der Waals surface area (Å²) in [6.45, 7) is 2.64. The van der Waals surface area contributed by atoms with Crippen LogP contribution >= 0.6 is 0 Å². The van der Waals surface area contributed by atoms with Gasteiger partial charge in [0.2, 0.25) is 0 Å². The zero-order valence-corrected chi connectivity index (χ0v) is 17.2. The molecule has 0 radical (unpaired) electrons. The molecule has 2 fully saturated rings. The van der Waals surface area contributed by atoms with Gasteiger partial charge in [-0.2, -0.15) is 0 Å². The van der Waals surface area contributed by atoms with E-state index in [9.17, 15) is 0 Å². The van der Waals surface area contributed by atoms with Gasteiger partial charge in [-0.05, 0) is 56.8 Å². The summed E-state index contributed by atoms with van der Waals surface area (Å²) in [7, 11) is 0. The minimum Gasteiger partial charge on any atom is -0.493 e. The molecule has 5 rings (SSSR count). The van der Waals surface area contributed by atoms with Crippen LogP contribution in [0.2, 0.25) is 0 Å². The van der Waals surface area contributed by atoms with Gasteiger partial charge in [-0.3, -0.25) is 4.98 Å². The van der Waals surface area contributed by atoms with Gasteiger partial charge in [0.25, 0.3) is 0 Å². The molecule has 1 spiro atoms. The summed E-state index contributed by atoms with van der Waals surface area (Å²) in [6.07, 6.45) is 11.3. The maximum absolute atomic E-state index is 6.38. The second-order valence-electron chi connectivity index (χ2n) is 9.09. The number of hydrogen-bond donors (Lipinski definition) is 1. The molecule has 2 unspecified atom stereocenters. The molecule has 1 aliphatic carbocycles. The topological polar surface area (TPSA) is 43.4 Å². The van der Waals surface area contributed by atoms with Gasteiger partial charge in [-0.15, -0.1) is 0 Å². The van der Waals surface area contributed by atoms with Gasteiger partial charge in [0.05, 0.1) is 12.2 Å². The molecule has 1 aromatic carbocycles. The lowest BCUT2D eigenvalue weighted by Gasteiger charge is -2.46. The molecular formula is C25H32N2O2. The molecule has 2 atom stereocenters. The van der Waals surface area contributed by atoms with Crippen LogP contribution in [0.15, 0.2) is 48.7 Å². The first-order valence-corrected chi connectivity index (χ1v) is 11.3. The maximum atomic E-state index is 6.38. The SMILES string of the molecule is c1ccc(C2(CCNC3CCOc4ccccc43)CCOC3(CCCC3)C2)nc1. The molecule has 3 heterocycles.